The standard InChI is InChI=1S/C22H34O4/c1-17(13-9-15-19(3)21(23)25-5)11-7-8-12-18(2)14-10-16-20(4)22(24)26-6/h11-12,15-16H,7-10,13-14H2,1-6H3/b17-11+,18-12+,19-15+,20-16+. The number of hydrogen-bond donors (Lipinski definition) is 0. The molecule has 0 amide bonds. The number of unbranched alkanes of at least 4 members (excludes halogenated alkanes) is 1. The van der Waals surface area contributed by atoms with Crippen LogP contribution < -0.4 is 0 Å². The fourth-order valence-corrected chi connectivity index (χ4v) is 2.38. The first kappa shape index (κ1) is 23.9. The predicted molar refractivity (Wildman–Crippen MR) is 107 cm³/mol. The van der Waals surface area contributed by atoms with E-state index in [-0.39, 0.29) is 11.9 Å². The minimum absolute atomic E-state index is 0.260. The molecule has 0 aromatic carbocycles. The molecule has 0 radical (unpaired) electrons. The zero-order valence-corrected chi connectivity index (χ0v) is 17.2. The molecule has 4 nitrogen and oxygen atoms in total. The van der Waals surface area contributed by atoms with E-state index in [1.54, 1.807) is 13.8 Å². The molecule has 0 atom stereocenters. The van der Waals surface area contributed by atoms with Gasteiger partial charge in [0.15, 0.2) is 0 Å². The SMILES string of the molecule is COC(=O)/C(C)=C/CC/C(C)=C/CC/C=C(\C)CC/C=C(\C)C(=O)OC. The highest BCUT2D eigenvalue weighted by Gasteiger charge is 2.02. The fourth-order valence-electron chi connectivity index (χ4n) is 2.38. The van der Waals surface area contributed by atoms with Crippen molar-refractivity contribution in [2.75, 3.05) is 14.2 Å². The van der Waals surface area contributed by atoms with Crippen molar-refractivity contribution in [2.45, 2.75) is 66.2 Å². The van der Waals surface area contributed by atoms with Crippen LogP contribution in [0.5, 0.6) is 0 Å². The summed E-state index contributed by atoms with van der Waals surface area (Å²) in [5.41, 5.74) is 3.99. The van der Waals surface area contributed by atoms with E-state index in [4.69, 9.17) is 0 Å². The second-order valence-corrected chi connectivity index (χ2v) is 6.51. The smallest absolute Gasteiger partial charge is 0.333 e. The van der Waals surface area contributed by atoms with Gasteiger partial charge in [0.05, 0.1) is 14.2 Å². The molecule has 0 aromatic heterocycles. The van der Waals surface area contributed by atoms with Crippen LogP contribution in [0.2, 0.25) is 0 Å². The number of carbonyl (C=O) groups is 2. The lowest BCUT2D eigenvalue weighted by Gasteiger charge is -2.02. The lowest BCUT2D eigenvalue weighted by atomic mass is 10.1. The molecule has 0 N–H and O–H groups in total. The van der Waals surface area contributed by atoms with Gasteiger partial charge in [-0.3, -0.25) is 0 Å². The van der Waals surface area contributed by atoms with Gasteiger partial charge in [-0.05, 0) is 66.2 Å². The summed E-state index contributed by atoms with van der Waals surface area (Å²) in [5.74, 6) is -0.521. The maximum absolute atomic E-state index is 11.3. The Labute approximate surface area is 158 Å². The van der Waals surface area contributed by atoms with E-state index in [1.165, 1.54) is 25.4 Å². The summed E-state index contributed by atoms with van der Waals surface area (Å²) < 4.78 is 9.35. The Morgan fingerprint density at radius 2 is 0.962 bits per heavy atom. The maximum atomic E-state index is 11.3. The van der Waals surface area contributed by atoms with Gasteiger partial charge in [-0.25, -0.2) is 9.59 Å². The molecule has 26 heavy (non-hydrogen) atoms. The predicted octanol–water partition coefficient (Wildman–Crippen LogP) is 5.46. The zero-order valence-electron chi connectivity index (χ0n) is 17.2. The summed E-state index contributed by atoms with van der Waals surface area (Å²) in [6.07, 6.45) is 14.0. The molecule has 0 bridgehead atoms. The molecule has 0 fully saturated rings. The normalized spacial score (nSPS) is 13.6. The molecule has 0 unspecified atom stereocenters. The molecule has 0 heterocycles. The van der Waals surface area contributed by atoms with E-state index in [0.717, 1.165) is 38.5 Å². The van der Waals surface area contributed by atoms with E-state index in [1.807, 2.05) is 12.2 Å². The minimum Gasteiger partial charge on any atom is -0.466 e. The van der Waals surface area contributed by atoms with Crippen molar-refractivity contribution in [2.24, 2.45) is 0 Å². The Morgan fingerprint density at radius 1 is 0.615 bits per heavy atom. The van der Waals surface area contributed by atoms with Crippen molar-refractivity contribution >= 4 is 11.9 Å². The second-order valence-electron chi connectivity index (χ2n) is 6.51. The highest BCUT2D eigenvalue weighted by atomic mass is 16.5. The number of allylic oxidation sites excluding steroid dienone is 6. The molecular formula is C22H34O4. The highest BCUT2D eigenvalue weighted by molar-refractivity contribution is 5.87. The van der Waals surface area contributed by atoms with Gasteiger partial charge >= 0.3 is 11.9 Å². The molecule has 0 saturated heterocycles. The van der Waals surface area contributed by atoms with Gasteiger partial charge in [-0.15, -0.1) is 0 Å². The van der Waals surface area contributed by atoms with Crippen molar-refractivity contribution in [3.05, 3.63) is 46.6 Å². The lowest BCUT2D eigenvalue weighted by molar-refractivity contribution is -0.136. The fraction of sp³-hybridized carbons (Fsp3) is 0.545. The van der Waals surface area contributed by atoms with E-state index in [2.05, 4.69) is 35.5 Å². The summed E-state index contributed by atoms with van der Waals surface area (Å²) >= 11 is 0. The van der Waals surface area contributed by atoms with Crippen molar-refractivity contribution < 1.29 is 19.1 Å². The Bertz CT molecular complexity index is 525. The van der Waals surface area contributed by atoms with Crippen LogP contribution in [0.15, 0.2) is 46.6 Å². The monoisotopic (exact) mass is 362 g/mol. The molecule has 0 rings (SSSR count). The third-order valence-corrected chi connectivity index (χ3v) is 4.15. The summed E-state index contributed by atoms with van der Waals surface area (Å²) in [4.78, 5) is 22.6. The number of methoxy groups -OCH3 is 2. The van der Waals surface area contributed by atoms with Gasteiger partial charge in [0, 0.05) is 11.1 Å². The third-order valence-electron chi connectivity index (χ3n) is 4.15. The van der Waals surface area contributed by atoms with Gasteiger partial charge in [0.2, 0.25) is 0 Å². The van der Waals surface area contributed by atoms with Gasteiger partial charge in [-0.1, -0.05) is 35.5 Å². The first-order chi connectivity index (χ1) is 12.3. The Balaban J connectivity index is 4.13. The van der Waals surface area contributed by atoms with Crippen molar-refractivity contribution in [3.8, 4) is 0 Å². The topological polar surface area (TPSA) is 52.6 Å². The molecule has 4 heteroatoms. The van der Waals surface area contributed by atoms with Crippen molar-refractivity contribution in [3.63, 3.8) is 0 Å². The minimum atomic E-state index is -0.260. The Morgan fingerprint density at radius 3 is 1.27 bits per heavy atom. The van der Waals surface area contributed by atoms with Gasteiger partial charge < -0.3 is 9.47 Å². The quantitative estimate of drug-likeness (QED) is 0.212. The summed E-state index contributed by atoms with van der Waals surface area (Å²) in [5, 5.41) is 0. The van der Waals surface area contributed by atoms with Gasteiger partial charge in [0.25, 0.3) is 0 Å². The lowest BCUT2D eigenvalue weighted by Crippen LogP contribution is -2.01. The Kier molecular flexibility index (Phi) is 13.0. The van der Waals surface area contributed by atoms with Crippen LogP contribution in [0.25, 0.3) is 0 Å². The van der Waals surface area contributed by atoms with Crippen LogP contribution in [0, 0.1) is 0 Å². The molecule has 146 valence electrons. The van der Waals surface area contributed by atoms with Crippen molar-refractivity contribution in [1.82, 2.24) is 0 Å². The number of ether oxygens (including phenoxy) is 2. The van der Waals surface area contributed by atoms with E-state index < -0.39 is 0 Å². The maximum Gasteiger partial charge on any atom is 0.333 e. The molecular weight excluding hydrogens is 328 g/mol. The van der Waals surface area contributed by atoms with Crippen LogP contribution in [-0.2, 0) is 19.1 Å². The highest BCUT2D eigenvalue weighted by Crippen LogP contribution is 2.12. The largest absolute Gasteiger partial charge is 0.466 e. The Hall–Kier alpha value is -2.10. The molecule has 0 spiro atoms. The van der Waals surface area contributed by atoms with E-state index >= 15 is 0 Å². The molecule has 0 aliphatic rings. The third kappa shape index (κ3) is 11.5. The van der Waals surface area contributed by atoms with Crippen LogP contribution in [0.4, 0.5) is 0 Å². The number of carbonyl (C=O) groups excluding carboxylic acids is 2. The molecule has 0 aliphatic carbocycles. The summed E-state index contributed by atoms with van der Waals surface area (Å²) in [6.45, 7) is 7.80. The molecule has 0 aromatic rings. The number of rotatable bonds is 11. The van der Waals surface area contributed by atoms with Gasteiger partial charge in [-0.2, -0.15) is 0 Å². The zero-order chi connectivity index (χ0) is 19.9. The average Bonchev–Trinajstić information content (AvgIpc) is 2.63. The van der Waals surface area contributed by atoms with Crippen LogP contribution in [0.1, 0.15) is 66.2 Å². The summed E-state index contributed by atoms with van der Waals surface area (Å²) in [7, 11) is 2.80. The number of hydrogen-bond acceptors (Lipinski definition) is 4. The van der Waals surface area contributed by atoms with E-state index in [0.29, 0.717) is 11.1 Å². The molecule has 0 saturated carbocycles. The number of esters is 2. The van der Waals surface area contributed by atoms with Crippen LogP contribution >= 0.6 is 0 Å². The summed E-state index contributed by atoms with van der Waals surface area (Å²) in [6, 6.07) is 0. The van der Waals surface area contributed by atoms with Crippen LogP contribution in [-0.4, -0.2) is 26.2 Å². The first-order valence-corrected chi connectivity index (χ1v) is 9.13. The average molecular weight is 363 g/mol. The van der Waals surface area contributed by atoms with Crippen molar-refractivity contribution in [1.29, 1.82) is 0 Å². The van der Waals surface area contributed by atoms with Gasteiger partial charge in [0.1, 0.15) is 0 Å². The molecule has 0 aliphatic heterocycles. The first-order valence-electron chi connectivity index (χ1n) is 9.13. The van der Waals surface area contributed by atoms with Crippen LogP contribution in [0.3, 0.4) is 0 Å². The van der Waals surface area contributed by atoms with E-state index in [9.17, 15) is 9.59 Å². The second kappa shape index (κ2) is 14.1.